The monoisotopic (exact) mass is 371 g/mol. The van der Waals surface area contributed by atoms with Crippen molar-refractivity contribution in [3.8, 4) is 11.3 Å². The summed E-state index contributed by atoms with van der Waals surface area (Å²) in [5.74, 6) is 0.0381. The summed E-state index contributed by atoms with van der Waals surface area (Å²) in [4.78, 5) is 19.5. The second-order valence-corrected chi connectivity index (χ2v) is 7.26. The third kappa shape index (κ3) is 2.52. The van der Waals surface area contributed by atoms with Crippen LogP contribution in [0.4, 0.5) is 0 Å². The predicted molar refractivity (Wildman–Crippen MR) is 108 cm³/mol. The summed E-state index contributed by atoms with van der Waals surface area (Å²) in [5.41, 5.74) is 6.08. The Morgan fingerprint density at radius 2 is 1.89 bits per heavy atom. The molecular formula is C22H21N5O. The van der Waals surface area contributed by atoms with E-state index in [0.29, 0.717) is 18.7 Å². The zero-order valence-corrected chi connectivity index (χ0v) is 16.0. The van der Waals surface area contributed by atoms with Gasteiger partial charge in [-0.25, -0.2) is 4.98 Å². The van der Waals surface area contributed by atoms with Crippen LogP contribution in [-0.4, -0.2) is 36.7 Å². The summed E-state index contributed by atoms with van der Waals surface area (Å²) in [6.07, 6.45) is 4.45. The molecule has 28 heavy (non-hydrogen) atoms. The van der Waals surface area contributed by atoms with Gasteiger partial charge in [0.05, 0.1) is 23.5 Å². The molecule has 0 N–H and O–H groups in total. The summed E-state index contributed by atoms with van der Waals surface area (Å²) in [6.45, 7) is 1.22. The smallest absolute Gasteiger partial charge is 0.255 e. The molecule has 0 atom stereocenters. The first kappa shape index (κ1) is 16.7. The fourth-order valence-electron chi connectivity index (χ4n) is 4.17. The maximum Gasteiger partial charge on any atom is 0.255 e. The quantitative estimate of drug-likeness (QED) is 0.544. The van der Waals surface area contributed by atoms with E-state index < -0.39 is 0 Å². The summed E-state index contributed by atoms with van der Waals surface area (Å²) >= 11 is 0. The number of aryl methyl sites for hydroxylation is 2. The summed E-state index contributed by atoms with van der Waals surface area (Å²) < 4.78 is 3.88. The fraction of sp³-hybridized carbons (Fsp3) is 0.227. The number of carbonyl (C=O) groups is 1. The van der Waals surface area contributed by atoms with Gasteiger partial charge in [-0.15, -0.1) is 0 Å². The van der Waals surface area contributed by atoms with Gasteiger partial charge in [0, 0.05) is 49.5 Å². The van der Waals surface area contributed by atoms with Crippen molar-refractivity contribution < 1.29 is 4.79 Å². The highest BCUT2D eigenvalue weighted by Gasteiger charge is 2.28. The molecule has 0 spiro atoms. The van der Waals surface area contributed by atoms with Crippen LogP contribution in [0.25, 0.3) is 22.3 Å². The van der Waals surface area contributed by atoms with Crippen LogP contribution in [0.15, 0.2) is 54.9 Å². The second kappa shape index (κ2) is 6.34. The van der Waals surface area contributed by atoms with Crippen LogP contribution >= 0.6 is 0 Å². The van der Waals surface area contributed by atoms with Crippen molar-refractivity contribution in [3.05, 3.63) is 71.7 Å². The Labute approximate surface area is 163 Å². The van der Waals surface area contributed by atoms with E-state index in [1.807, 2.05) is 64.8 Å². The SMILES string of the molecule is Cn1nc2c(c1-c1ccccc1)CCN(C(=O)c1ccnc3c1ccn3C)C2. The fourth-order valence-corrected chi connectivity index (χ4v) is 4.17. The molecular weight excluding hydrogens is 350 g/mol. The number of fused-ring (bicyclic) bond motifs is 2. The van der Waals surface area contributed by atoms with Gasteiger partial charge in [-0.3, -0.25) is 9.48 Å². The van der Waals surface area contributed by atoms with Crippen LogP contribution in [0.5, 0.6) is 0 Å². The van der Waals surface area contributed by atoms with Gasteiger partial charge in [-0.05, 0) is 18.6 Å². The minimum absolute atomic E-state index is 0.0381. The van der Waals surface area contributed by atoms with Gasteiger partial charge in [0.1, 0.15) is 5.65 Å². The van der Waals surface area contributed by atoms with Crippen molar-refractivity contribution in [3.63, 3.8) is 0 Å². The molecule has 1 amide bonds. The van der Waals surface area contributed by atoms with Gasteiger partial charge in [-0.2, -0.15) is 5.10 Å². The number of benzene rings is 1. The van der Waals surface area contributed by atoms with Gasteiger partial charge in [0.15, 0.2) is 0 Å². The average Bonchev–Trinajstić information content (AvgIpc) is 3.26. The van der Waals surface area contributed by atoms with Gasteiger partial charge < -0.3 is 9.47 Å². The predicted octanol–water partition coefficient (Wildman–Crippen LogP) is 3.17. The lowest BCUT2D eigenvalue weighted by Gasteiger charge is -2.27. The first-order valence-corrected chi connectivity index (χ1v) is 9.43. The minimum atomic E-state index is 0.0381. The molecule has 4 aromatic rings. The highest BCUT2D eigenvalue weighted by molar-refractivity contribution is 6.05. The molecule has 1 aliphatic heterocycles. The minimum Gasteiger partial charge on any atom is -0.336 e. The molecule has 140 valence electrons. The van der Waals surface area contributed by atoms with Gasteiger partial charge in [-0.1, -0.05) is 30.3 Å². The number of hydrogen-bond donors (Lipinski definition) is 0. The topological polar surface area (TPSA) is 56.0 Å². The van der Waals surface area contributed by atoms with E-state index in [1.165, 1.54) is 11.1 Å². The molecule has 0 fully saturated rings. The van der Waals surface area contributed by atoms with E-state index >= 15 is 0 Å². The Morgan fingerprint density at radius 1 is 1.07 bits per heavy atom. The molecule has 0 unspecified atom stereocenters. The van der Waals surface area contributed by atoms with Gasteiger partial charge in [0.2, 0.25) is 0 Å². The summed E-state index contributed by atoms with van der Waals surface area (Å²) in [7, 11) is 3.92. The van der Waals surface area contributed by atoms with Crippen molar-refractivity contribution >= 4 is 16.9 Å². The maximum absolute atomic E-state index is 13.2. The first-order valence-electron chi connectivity index (χ1n) is 9.43. The first-order chi connectivity index (χ1) is 13.6. The normalized spacial score (nSPS) is 13.7. The number of amides is 1. The Morgan fingerprint density at radius 3 is 2.71 bits per heavy atom. The number of pyridine rings is 1. The van der Waals surface area contributed by atoms with E-state index in [-0.39, 0.29) is 5.91 Å². The van der Waals surface area contributed by atoms with Crippen molar-refractivity contribution in [2.24, 2.45) is 14.1 Å². The molecule has 6 heteroatoms. The number of aromatic nitrogens is 4. The highest BCUT2D eigenvalue weighted by Crippen LogP contribution is 2.30. The Balaban J connectivity index is 1.49. The third-order valence-electron chi connectivity index (χ3n) is 5.53. The van der Waals surface area contributed by atoms with Crippen molar-refractivity contribution in [1.82, 2.24) is 24.2 Å². The molecule has 0 bridgehead atoms. The van der Waals surface area contributed by atoms with E-state index in [0.717, 1.165) is 28.8 Å². The van der Waals surface area contributed by atoms with E-state index in [2.05, 4.69) is 17.1 Å². The number of nitrogens with zero attached hydrogens (tertiary/aromatic N) is 5. The van der Waals surface area contributed by atoms with Crippen LogP contribution in [0.1, 0.15) is 21.6 Å². The van der Waals surface area contributed by atoms with Crippen molar-refractivity contribution in [1.29, 1.82) is 0 Å². The molecule has 0 saturated carbocycles. The van der Waals surface area contributed by atoms with Crippen LogP contribution in [0.3, 0.4) is 0 Å². The molecule has 4 heterocycles. The molecule has 3 aromatic heterocycles. The lowest BCUT2D eigenvalue weighted by molar-refractivity contribution is 0.0734. The van der Waals surface area contributed by atoms with Crippen LogP contribution < -0.4 is 0 Å². The molecule has 0 aliphatic carbocycles. The van der Waals surface area contributed by atoms with Crippen LogP contribution in [0, 0.1) is 0 Å². The van der Waals surface area contributed by atoms with E-state index in [9.17, 15) is 4.79 Å². The van der Waals surface area contributed by atoms with Gasteiger partial charge in [0.25, 0.3) is 5.91 Å². The zero-order chi connectivity index (χ0) is 19.3. The van der Waals surface area contributed by atoms with Crippen LogP contribution in [0.2, 0.25) is 0 Å². The Kier molecular flexibility index (Phi) is 3.79. The van der Waals surface area contributed by atoms with E-state index in [1.54, 1.807) is 6.20 Å². The molecule has 1 aliphatic rings. The highest BCUT2D eigenvalue weighted by atomic mass is 16.2. The van der Waals surface area contributed by atoms with E-state index in [4.69, 9.17) is 5.10 Å². The lowest BCUT2D eigenvalue weighted by atomic mass is 9.99. The molecule has 1 aromatic carbocycles. The van der Waals surface area contributed by atoms with Crippen molar-refractivity contribution in [2.75, 3.05) is 6.54 Å². The number of hydrogen-bond acceptors (Lipinski definition) is 3. The maximum atomic E-state index is 13.2. The lowest BCUT2D eigenvalue weighted by Crippen LogP contribution is -2.36. The zero-order valence-electron chi connectivity index (χ0n) is 16.0. The standard InChI is InChI=1S/C22H21N5O/c1-25-12-9-16-17(8-11-23-21(16)25)22(28)27-13-10-18-19(14-27)24-26(2)20(18)15-6-4-3-5-7-15/h3-9,11-12H,10,13-14H2,1-2H3. The molecule has 5 rings (SSSR count). The molecule has 6 nitrogen and oxygen atoms in total. The van der Waals surface area contributed by atoms with Crippen LogP contribution in [-0.2, 0) is 27.1 Å². The number of carbonyl (C=O) groups excluding carboxylic acids is 1. The Bertz CT molecular complexity index is 1190. The average molecular weight is 371 g/mol. The van der Waals surface area contributed by atoms with Crippen molar-refractivity contribution in [2.45, 2.75) is 13.0 Å². The molecule has 0 saturated heterocycles. The Hall–Kier alpha value is -3.41. The van der Waals surface area contributed by atoms with Gasteiger partial charge >= 0.3 is 0 Å². The largest absolute Gasteiger partial charge is 0.336 e. The number of rotatable bonds is 2. The molecule has 0 radical (unpaired) electrons. The second-order valence-electron chi connectivity index (χ2n) is 7.26. The summed E-state index contributed by atoms with van der Waals surface area (Å²) in [5, 5.41) is 5.62. The third-order valence-corrected chi connectivity index (χ3v) is 5.53. The summed E-state index contributed by atoms with van der Waals surface area (Å²) in [6, 6.07) is 14.1.